The molecule has 0 bridgehead atoms. The number of rotatable bonds is 5. The fraction of sp³-hybridized carbons (Fsp3) is 0.375. The summed E-state index contributed by atoms with van der Waals surface area (Å²) in [6.45, 7) is 5.85. The van der Waals surface area contributed by atoms with E-state index in [-0.39, 0.29) is 11.7 Å². The topological polar surface area (TPSA) is 34.9 Å². The highest BCUT2D eigenvalue weighted by atomic mass is 16.1. The molecular weight excluding hydrogens is 236 g/mol. The highest BCUT2D eigenvalue weighted by Crippen LogP contribution is 2.19. The van der Waals surface area contributed by atoms with Gasteiger partial charge in [0.15, 0.2) is 0 Å². The van der Waals surface area contributed by atoms with Crippen LogP contribution in [0, 0.1) is 11.8 Å². The van der Waals surface area contributed by atoms with Gasteiger partial charge in [-0.2, -0.15) is 5.10 Å². The lowest BCUT2D eigenvalue weighted by molar-refractivity contribution is -0.121. The summed E-state index contributed by atoms with van der Waals surface area (Å²) in [5, 5.41) is 4.36. The fourth-order valence-corrected chi connectivity index (χ4v) is 2.29. The van der Waals surface area contributed by atoms with Crippen molar-refractivity contribution in [1.29, 1.82) is 0 Å². The van der Waals surface area contributed by atoms with Crippen molar-refractivity contribution in [2.24, 2.45) is 11.8 Å². The van der Waals surface area contributed by atoms with Crippen LogP contribution in [-0.2, 0) is 11.2 Å². The first-order valence-corrected chi connectivity index (χ1v) is 6.67. The Morgan fingerprint density at radius 1 is 1.26 bits per heavy atom. The number of Topliss-reactive ketones (excluding diaryl/α,β-unsaturated/α-hetero) is 1. The van der Waals surface area contributed by atoms with E-state index in [2.05, 4.69) is 18.9 Å². The average molecular weight is 256 g/mol. The molecule has 0 saturated carbocycles. The summed E-state index contributed by atoms with van der Waals surface area (Å²) in [6.07, 6.45) is 4.62. The molecule has 1 unspecified atom stereocenters. The van der Waals surface area contributed by atoms with E-state index >= 15 is 0 Å². The molecule has 1 heterocycles. The second kappa shape index (κ2) is 5.83. The Labute approximate surface area is 114 Å². The Balaban J connectivity index is 2.16. The van der Waals surface area contributed by atoms with Crippen LogP contribution in [0.5, 0.6) is 0 Å². The van der Waals surface area contributed by atoms with E-state index < -0.39 is 0 Å². The van der Waals surface area contributed by atoms with Crippen molar-refractivity contribution >= 4 is 5.78 Å². The standard InChI is InChI=1S/C16H20N2O/c1-12(2)16(13(3)19)9-14-10-17-18(11-14)15-7-5-4-6-8-15/h4-8,10-12,16H,9H2,1-3H3. The van der Waals surface area contributed by atoms with Crippen LogP contribution in [-0.4, -0.2) is 15.6 Å². The van der Waals surface area contributed by atoms with Gasteiger partial charge >= 0.3 is 0 Å². The normalized spacial score (nSPS) is 12.6. The van der Waals surface area contributed by atoms with Crippen LogP contribution in [0.1, 0.15) is 26.3 Å². The van der Waals surface area contributed by atoms with E-state index in [1.807, 2.05) is 47.4 Å². The number of nitrogens with zero attached hydrogens (tertiary/aromatic N) is 2. The Hall–Kier alpha value is -1.90. The summed E-state index contributed by atoms with van der Waals surface area (Å²) in [5.41, 5.74) is 2.15. The molecule has 0 spiro atoms. The zero-order valence-corrected chi connectivity index (χ0v) is 11.7. The first-order valence-electron chi connectivity index (χ1n) is 6.67. The van der Waals surface area contributed by atoms with E-state index in [4.69, 9.17) is 0 Å². The van der Waals surface area contributed by atoms with Crippen LogP contribution in [0.2, 0.25) is 0 Å². The lowest BCUT2D eigenvalue weighted by Crippen LogP contribution is -2.19. The van der Waals surface area contributed by atoms with E-state index in [1.165, 1.54) is 0 Å². The van der Waals surface area contributed by atoms with Crippen molar-refractivity contribution in [3.8, 4) is 5.69 Å². The van der Waals surface area contributed by atoms with Gasteiger partial charge in [0.2, 0.25) is 0 Å². The third kappa shape index (κ3) is 3.31. The largest absolute Gasteiger partial charge is 0.300 e. The van der Waals surface area contributed by atoms with Crippen molar-refractivity contribution in [3.63, 3.8) is 0 Å². The van der Waals surface area contributed by atoms with Gasteiger partial charge < -0.3 is 0 Å². The Kier molecular flexibility index (Phi) is 4.15. The SMILES string of the molecule is CC(=O)C(Cc1cnn(-c2ccccc2)c1)C(C)C. The number of benzene rings is 1. The number of carbonyl (C=O) groups excluding carboxylic acids is 1. The monoisotopic (exact) mass is 256 g/mol. The fourth-order valence-electron chi connectivity index (χ4n) is 2.29. The van der Waals surface area contributed by atoms with Gasteiger partial charge in [0.1, 0.15) is 5.78 Å². The number of ketones is 1. The van der Waals surface area contributed by atoms with Gasteiger partial charge in [0, 0.05) is 12.1 Å². The molecule has 0 amide bonds. The Morgan fingerprint density at radius 3 is 2.53 bits per heavy atom. The summed E-state index contributed by atoms with van der Waals surface area (Å²) < 4.78 is 1.85. The van der Waals surface area contributed by atoms with Gasteiger partial charge in [-0.25, -0.2) is 4.68 Å². The minimum atomic E-state index is 0.0772. The third-order valence-electron chi connectivity index (χ3n) is 3.44. The Bertz CT molecular complexity index is 543. The molecule has 19 heavy (non-hydrogen) atoms. The van der Waals surface area contributed by atoms with Gasteiger partial charge in [-0.1, -0.05) is 32.0 Å². The molecule has 3 nitrogen and oxygen atoms in total. The molecule has 2 rings (SSSR count). The minimum absolute atomic E-state index is 0.0772. The second-order valence-corrected chi connectivity index (χ2v) is 5.29. The van der Waals surface area contributed by atoms with Crippen LogP contribution in [0.25, 0.3) is 5.69 Å². The van der Waals surface area contributed by atoms with Crippen molar-refractivity contribution in [2.75, 3.05) is 0 Å². The number of carbonyl (C=O) groups is 1. The lowest BCUT2D eigenvalue weighted by Gasteiger charge is -2.16. The molecule has 0 fully saturated rings. The minimum Gasteiger partial charge on any atom is -0.300 e. The summed E-state index contributed by atoms with van der Waals surface area (Å²) in [7, 11) is 0. The molecule has 0 N–H and O–H groups in total. The maximum atomic E-state index is 11.6. The van der Waals surface area contributed by atoms with Crippen molar-refractivity contribution in [2.45, 2.75) is 27.2 Å². The van der Waals surface area contributed by atoms with E-state index in [9.17, 15) is 4.79 Å². The molecule has 3 heteroatoms. The molecular formula is C16H20N2O. The van der Waals surface area contributed by atoms with Crippen molar-refractivity contribution < 1.29 is 4.79 Å². The van der Waals surface area contributed by atoms with Gasteiger partial charge in [-0.05, 0) is 37.0 Å². The predicted molar refractivity (Wildman–Crippen MR) is 76.3 cm³/mol. The highest BCUT2D eigenvalue weighted by Gasteiger charge is 2.19. The maximum absolute atomic E-state index is 11.6. The first-order chi connectivity index (χ1) is 9.08. The van der Waals surface area contributed by atoms with Crippen LogP contribution in [0.3, 0.4) is 0 Å². The number of para-hydroxylation sites is 1. The third-order valence-corrected chi connectivity index (χ3v) is 3.44. The average Bonchev–Trinajstić information content (AvgIpc) is 2.85. The van der Waals surface area contributed by atoms with Crippen LogP contribution >= 0.6 is 0 Å². The molecule has 1 aromatic carbocycles. The number of hydrogen-bond donors (Lipinski definition) is 0. The van der Waals surface area contributed by atoms with Crippen molar-refractivity contribution in [3.05, 3.63) is 48.3 Å². The summed E-state index contributed by atoms with van der Waals surface area (Å²) in [6, 6.07) is 9.99. The molecule has 0 radical (unpaired) electrons. The van der Waals surface area contributed by atoms with Gasteiger partial charge in [0.25, 0.3) is 0 Å². The number of aromatic nitrogens is 2. The molecule has 1 aromatic heterocycles. The second-order valence-electron chi connectivity index (χ2n) is 5.29. The first kappa shape index (κ1) is 13.5. The smallest absolute Gasteiger partial charge is 0.133 e. The molecule has 1 atom stereocenters. The summed E-state index contributed by atoms with van der Waals surface area (Å²) >= 11 is 0. The molecule has 2 aromatic rings. The van der Waals surface area contributed by atoms with Gasteiger partial charge in [0.05, 0.1) is 11.9 Å². The predicted octanol–water partition coefficient (Wildman–Crippen LogP) is 3.28. The molecule has 100 valence electrons. The molecule has 0 saturated heterocycles. The van der Waals surface area contributed by atoms with Crippen LogP contribution in [0.4, 0.5) is 0 Å². The van der Waals surface area contributed by atoms with Crippen LogP contribution < -0.4 is 0 Å². The molecule has 0 aliphatic carbocycles. The maximum Gasteiger partial charge on any atom is 0.133 e. The molecule has 0 aliphatic heterocycles. The van der Waals surface area contributed by atoms with Crippen molar-refractivity contribution in [1.82, 2.24) is 9.78 Å². The number of hydrogen-bond acceptors (Lipinski definition) is 2. The summed E-state index contributed by atoms with van der Waals surface area (Å²) in [4.78, 5) is 11.6. The van der Waals surface area contributed by atoms with Crippen LogP contribution in [0.15, 0.2) is 42.7 Å². The Morgan fingerprint density at radius 2 is 1.95 bits per heavy atom. The van der Waals surface area contributed by atoms with E-state index in [1.54, 1.807) is 6.92 Å². The van der Waals surface area contributed by atoms with E-state index in [0.717, 1.165) is 17.7 Å². The summed E-state index contributed by atoms with van der Waals surface area (Å²) in [5.74, 6) is 0.688. The zero-order chi connectivity index (χ0) is 13.8. The molecule has 0 aliphatic rings. The van der Waals surface area contributed by atoms with Gasteiger partial charge in [-0.3, -0.25) is 4.79 Å². The lowest BCUT2D eigenvalue weighted by atomic mass is 9.87. The quantitative estimate of drug-likeness (QED) is 0.823. The zero-order valence-electron chi connectivity index (χ0n) is 11.7. The van der Waals surface area contributed by atoms with Gasteiger partial charge in [-0.15, -0.1) is 0 Å². The van der Waals surface area contributed by atoms with E-state index in [0.29, 0.717) is 5.92 Å². The highest BCUT2D eigenvalue weighted by molar-refractivity contribution is 5.78.